The molecule has 0 fully saturated rings. The molecule has 3 aromatic rings. The molecule has 1 aliphatic rings. The van der Waals surface area contributed by atoms with E-state index in [0.29, 0.717) is 23.5 Å². The summed E-state index contributed by atoms with van der Waals surface area (Å²) in [6.07, 6.45) is 2.76. The molecule has 0 bridgehead atoms. The number of benzene rings is 2. The van der Waals surface area contributed by atoms with Gasteiger partial charge in [0.25, 0.3) is 0 Å². The molecule has 0 radical (unpaired) electrons. The van der Waals surface area contributed by atoms with Crippen LogP contribution >= 0.6 is 23.1 Å². The Hall–Kier alpha value is -2.16. The number of thioether (sulfide) groups is 1. The van der Waals surface area contributed by atoms with Crippen molar-refractivity contribution in [2.24, 2.45) is 0 Å². The van der Waals surface area contributed by atoms with E-state index in [1.54, 1.807) is 12.1 Å². The van der Waals surface area contributed by atoms with Crippen LogP contribution in [0.1, 0.15) is 22.3 Å². The average molecular weight is 445 g/mol. The van der Waals surface area contributed by atoms with E-state index in [-0.39, 0.29) is 5.78 Å². The van der Waals surface area contributed by atoms with Gasteiger partial charge in [-0.3, -0.25) is 9.10 Å². The number of aryl methyl sites for hydroxylation is 1. The molecule has 0 unspecified atom stereocenters. The van der Waals surface area contributed by atoms with Crippen molar-refractivity contribution in [3.63, 3.8) is 0 Å². The van der Waals surface area contributed by atoms with E-state index < -0.39 is 10.0 Å². The Balaban J connectivity index is 1.45. The molecule has 2 aromatic carbocycles. The number of fused-ring (bicyclic) bond motifs is 1. The summed E-state index contributed by atoms with van der Waals surface area (Å²) in [5, 5.41) is 2.00. The molecule has 0 aliphatic carbocycles. The first kappa shape index (κ1) is 20.1. The van der Waals surface area contributed by atoms with Gasteiger partial charge in [0.2, 0.25) is 10.0 Å². The van der Waals surface area contributed by atoms with Crippen LogP contribution < -0.4 is 4.31 Å². The molecule has 8 heteroatoms. The summed E-state index contributed by atoms with van der Waals surface area (Å²) in [5.41, 5.74) is 4.20. The van der Waals surface area contributed by atoms with E-state index in [0.717, 1.165) is 34.0 Å². The molecule has 1 aliphatic heterocycles. The monoisotopic (exact) mass is 444 g/mol. The molecular weight excluding hydrogens is 424 g/mol. The lowest BCUT2D eigenvalue weighted by Gasteiger charge is -2.29. The topological polar surface area (TPSA) is 67.3 Å². The molecular formula is C21H20N2O3S3. The number of hydrogen-bond acceptors (Lipinski definition) is 6. The van der Waals surface area contributed by atoms with Gasteiger partial charge in [-0.25, -0.2) is 13.4 Å². The SMILES string of the molecule is CS(=O)(=O)N1CCCc2cc(C(=O)CSc3nc(-c4ccccc4)cs3)ccc21. The maximum Gasteiger partial charge on any atom is 0.232 e. The van der Waals surface area contributed by atoms with Crippen molar-refractivity contribution in [2.45, 2.75) is 17.2 Å². The Morgan fingerprint density at radius 2 is 2.00 bits per heavy atom. The van der Waals surface area contributed by atoms with Crippen LogP contribution in [-0.4, -0.2) is 37.7 Å². The van der Waals surface area contributed by atoms with Crippen molar-refractivity contribution in [2.75, 3.05) is 22.9 Å². The fourth-order valence-corrected chi connectivity index (χ4v) is 6.08. The third-order valence-electron chi connectivity index (χ3n) is 4.76. The van der Waals surface area contributed by atoms with E-state index in [2.05, 4.69) is 4.98 Å². The molecule has 29 heavy (non-hydrogen) atoms. The normalized spacial score (nSPS) is 13.9. The molecule has 0 saturated carbocycles. The van der Waals surface area contributed by atoms with Crippen LogP contribution in [0.2, 0.25) is 0 Å². The standard InChI is InChI=1S/C21H20N2O3S3/c1-29(25,26)23-11-5-8-16-12-17(9-10-19(16)23)20(24)14-28-21-22-18(13-27-21)15-6-3-2-4-7-15/h2-4,6-7,9-10,12-13H,5,8,11,14H2,1H3. The van der Waals surface area contributed by atoms with Gasteiger partial charge in [0.1, 0.15) is 0 Å². The number of thiazole rings is 1. The van der Waals surface area contributed by atoms with Gasteiger partial charge in [-0.05, 0) is 36.6 Å². The zero-order valence-corrected chi connectivity index (χ0v) is 18.3. The van der Waals surface area contributed by atoms with Crippen molar-refractivity contribution in [1.29, 1.82) is 0 Å². The second kappa shape index (κ2) is 8.30. The number of sulfonamides is 1. The predicted octanol–water partition coefficient (Wildman–Crippen LogP) is 4.50. The largest absolute Gasteiger partial charge is 0.293 e. The number of aromatic nitrogens is 1. The van der Waals surface area contributed by atoms with Gasteiger partial charge in [-0.2, -0.15) is 0 Å². The van der Waals surface area contributed by atoms with Crippen LogP contribution in [0, 0.1) is 0 Å². The quantitative estimate of drug-likeness (QED) is 0.414. The van der Waals surface area contributed by atoms with Crippen LogP contribution in [0.25, 0.3) is 11.3 Å². The number of hydrogen-bond donors (Lipinski definition) is 0. The first-order valence-corrected chi connectivity index (χ1v) is 12.9. The van der Waals surface area contributed by atoms with E-state index in [1.807, 2.05) is 41.8 Å². The lowest BCUT2D eigenvalue weighted by molar-refractivity contribution is 0.102. The highest BCUT2D eigenvalue weighted by Gasteiger charge is 2.24. The molecule has 2 heterocycles. The summed E-state index contributed by atoms with van der Waals surface area (Å²) in [5.74, 6) is 0.321. The maximum atomic E-state index is 12.7. The van der Waals surface area contributed by atoms with Crippen molar-refractivity contribution in [1.82, 2.24) is 4.98 Å². The Morgan fingerprint density at radius 3 is 2.76 bits per heavy atom. The summed E-state index contributed by atoms with van der Waals surface area (Å²) in [4.78, 5) is 17.3. The molecule has 4 rings (SSSR count). The number of nitrogens with zero attached hydrogens (tertiary/aromatic N) is 2. The lowest BCUT2D eigenvalue weighted by atomic mass is 9.99. The lowest BCUT2D eigenvalue weighted by Crippen LogP contribution is -2.34. The van der Waals surface area contributed by atoms with Crippen molar-refractivity contribution in [3.8, 4) is 11.3 Å². The highest BCUT2D eigenvalue weighted by molar-refractivity contribution is 8.01. The van der Waals surface area contributed by atoms with Gasteiger partial charge < -0.3 is 0 Å². The van der Waals surface area contributed by atoms with Crippen LogP contribution in [-0.2, 0) is 16.4 Å². The second-order valence-electron chi connectivity index (χ2n) is 6.86. The van der Waals surface area contributed by atoms with Crippen molar-refractivity contribution >= 4 is 44.6 Å². The summed E-state index contributed by atoms with van der Waals surface area (Å²) < 4.78 is 26.2. The van der Waals surface area contributed by atoms with Crippen LogP contribution in [0.5, 0.6) is 0 Å². The molecule has 0 N–H and O–H groups in total. The zero-order valence-electron chi connectivity index (χ0n) is 15.9. The van der Waals surface area contributed by atoms with Crippen molar-refractivity contribution < 1.29 is 13.2 Å². The minimum Gasteiger partial charge on any atom is -0.293 e. The Bertz CT molecular complexity index is 1140. The number of carbonyl (C=O) groups is 1. The van der Waals surface area contributed by atoms with Crippen LogP contribution in [0.3, 0.4) is 0 Å². The van der Waals surface area contributed by atoms with Gasteiger partial charge in [0, 0.05) is 23.1 Å². The van der Waals surface area contributed by atoms with E-state index in [1.165, 1.54) is 33.7 Å². The average Bonchev–Trinajstić information content (AvgIpc) is 3.20. The Labute approximate surface area is 178 Å². The second-order valence-corrected chi connectivity index (χ2v) is 10.8. The Morgan fingerprint density at radius 1 is 1.21 bits per heavy atom. The van der Waals surface area contributed by atoms with E-state index in [9.17, 15) is 13.2 Å². The first-order chi connectivity index (χ1) is 13.9. The number of Topliss-reactive ketones (excluding diaryl/α,β-unsaturated/α-hetero) is 1. The number of anilines is 1. The van der Waals surface area contributed by atoms with E-state index in [4.69, 9.17) is 0 Å². The van der Waals surface area contributed by atoms with Gasteiger partial charge in [-0.1, -0.05) is 42.1 Å². The summed E-state index contributed by atoms with van der Waals surface area (Å²) in [7, 11) is -3.30. The van der Waals surface area contributed by atoms with Crippen LogP contribution in [0.15, 0.2) is 58.3 Å². The number of ketones is 1. The van der Waals surface area contributed by atoms with Gasteiger partial charge in [0.05, 0.1) is 23.4 Å². The maximum absolute atomic E-state index is 12.7. The smallest absolute Gasteiger partial charge is 0.232 e. The molecule has 0 atom stereocenters. The number of rotatable bonds is 6. The summed E-state index contributed by atoms with van der Waals surface area (Å²) >= 11 is 2.97. The molecule has 0 amide bonds. The van der Waals surface area contributed by atoms with Gasteiger partial charge in [0.15, 0.2) is 10.1 Å². The Kier molecular flexibility index (Phi) is 5.76. The number of carbonyl (C=O) groups excluding carboxylic acids is 1. The van der Waals surface area contributed by atoms with E-state index >= 15 is 0 Å². The third kappa shape index (κ3) is 4.55. The van der Waals surface area contributed by atoms with Crippen LogP contribution in [0.4, 0.5) is 5.69 Å². The molecule has 150 valence electrons. The summed E-state index contributed by atoms with van der Waals surface area (Å²) in [6.45, 7) is 0.489. The fraction of sp³-hybridized carbons (Fsp3) is 0.238. The predicted molar refractivity (Wildman–Crippen MR) is 120 cm³/mol. The summed E-state index contributed by atoms with van der Waals surface area (Å²) in [6, 6.07) is 15.3. The van der Waals surface area contributed by atoms with Crippen molar-refractivity contribution in [3.05, 3.63) is 65.0 Å². The molecule has 1 aromatic heterocycles. The van der Waals surface area contributed by atoms with Gasteiger partial charge in [-0.15, -0.1) is 11.3 Å². The molecule has 0 spiro atoms. The first-order valence-electron chi connectivity index (χ1n) is 9.19. The fourth-order valence-electron chi connectivity index (χ4n) is 3.36. The highest BCUT2D eigenvalue weighted by atomic mass is 32.2. The minimum atomic E-state index is -3.30. The highest BCUT2D eigenvalue weighted by Crippen LogP contribution is 2.31. The molecule has 5 nitrogen and oxygen atoms in total. The minimum absolute atomic E-state index is 0.0192. The zero-order chi connectivity index (χ0) is 20.4. The molecule has 0 saturated heterocycles. The third-order valence-corrected chi connectivity index (χ3v) is 7.96. The van der Waals surface area contributed by atoms with Gasteiger partial charge >= 0.3 is 0 Å².